The van der Waals surface area contributed by atoms with E-state index in [2.05, 4.69) is 41.5 Å². The van der Waals surface area contributed by atoms with E-state index in [0.717, 1.165) is 47.4 Å². The van der Waals surface area contributed by atoms with E-state index >= 15 is 0 Å². The van der Waals surface area contributed by atoms with Gasteiger partial charge in [-0.25, -0.2) is 0 Å². The number of nitrogens with two attached hydrogens (primary N) is 2. The molecule has 0 bridgehead atoms. The van der Waals surface area contributed by atoms with Gasteiger partial charge in [0.1, 0.15) is 11.9 Å². The lowest BCUT2D eigenvalue weighted by Crippen LogP contribution is -2.60. The summed E-state index contributed by atoms with van der Waals surface area (Å²) in [4.78, 5) is 0. The lowest BCUT2D eigenvalue weighted by Gasteiger charge is -2.65. The van der Waals surface area contributed by atoms with Crippen LogP contribution < -0.4 is 16.2 Å². The molecular weight excluding hydrogens is 452 g/mol. The minimum absolute atomic E-state index is 0.127. The first-order valence-electron chi connectivity index (χ1n) is 15.8. The van der Waals surface area contributed by atoms with Gasteiger partial charge in [-0.3, -0.25) is 0 Å². The molecule has 37 heavy (non-hydrogen) atoms. The molecule has 4 aliphatic rings. The molecule has 1 aromatic carbocycles. The molecule has 0 spiro atoms. The van der Waals surface area contributed by atoms with Crippen LogP contribution in [0.1, 0.15) is 119 Å². The van der Waals surface area contributed by atoms with Crippen LogP contribution in [0.2, 0.25) is 0 Å². The molecular formula is C34H56N2O. The highest BCUT2D eigenvalue weighted by atomic mass is 16.5. The van der Waals surface area contributed by atoms with Crippen LogP contribution in [0.4, 0.5) is 11.4 Å². The average Bonchev–Trinajstić information content (AvgIpc) is 3.20. The average molecular weight is 509 g/mol. The number of anilines is 2. The molecule has 208 valence electrons. The van der Waals surface area contributed by atoms with Crippen molar-refractivity contribution in [2.75, 3.05) is 11.5 Å². The SMILES string of the molecule is CCCCCC(C)C1CCC2C3CCC4C(C)(C)C(Oc5cc(N)ccc5N)CCC4(C)C3CCC12C. The second-order valence-electron chi connectivity index (χ2n) is 15.0. The smallest absolute Gasteiger partial charge is 0.144 e. The third kappa shape index (κ3) is 4.49. The first-order chi connectivity index (χ1) is 17.5. The third-order valence-electron chi connectivity index (χ3n) is 12.9. The van der Waals surface area contributed by atoms with Crippen molar-refractivity contribution in [3.8, 4) is 5.75 Å². The number of benzene rings is 1. The number of nitrogen functional groups attached to an aromatic ring is 2. The van der Waals surface area contributed by atoms with Crippen LogP contribution in [0.15, 0.2) is 18.2 Å². The highest BCUT2D eigenvalue weighted by molar-refractivity contribution is 5.59. The van der Waals surface area contributed by atoms with Crippen LogP contribution >= 0.6 is 0 Å². The topological polar surface area (TPSA) is 61.3 Å². The first-order valence-corrected chi connectivity index (χ1v) is 15.8. The Hall–Kier alpha value is -1.38. The Morgan fingerprint density at radius 1 is 0.892 bits per heavy atom. The van der Waals surface area contributed by atoms with E-state index in [1.165, 1.54) is 70.6 Å². The first kappa shape index (κ1) is 27.2. The van der Waals surface area contributed by atoms with Gasteiger partial charge in [0.05, 0.1) is 5.69 Å². The van der Waals surface area contributed by atoms with Gasteiger partial charge in [0.25, 0.3) is 0 Å². The van der Waals surface area contributed by atoms with Crippen molar-refractivity contribution in [1.82, 2.24) is 0 Å². The molecule has 1 aromatic rings. The van der Waals surface area contributed by atoms with Crippen LogP contribution in [0.5, 0.6) is 5.75 Å². The second-order valence-corrected chi connectivity index (χ2v) is 15.0. The number of hydrogen-bond donors (Lipinski definition) is 2. The van der Waals surface area contributed by atoms with Gasteiger partial charge in [0.15, 0.2) is 0 Å². The number of fused-ring (bicyclic) bond motifs is 5. The molecule has 5 rings (SSSR count). The quantitative estimate of drug-likeness (QED) is 0.285. The zero-order valence-corrected chi connectivity index (χ0v) is 24.8. The van der Waals surface area contributed by atoms with Gasteiger partial charge in [-0.1, -0.05) is 67.2 Å². The summed E-state index contributed by atoms with van der Waals surface area (Å²) in [5.41, 5.74) is 14.9. The second kappa shape index (κ2) is 9.98. The summed E-state index contributed by atoms with van der Waals surface area (Å²) in [6, 6.07) is 5.66. The molecule has 9 unspecified atom stereocenters. The highest BCUT2D eigenvalue weighted by Gasteiger charge is 2.63. The summed E-state index contributed by atoms with van der Waals surface area (Å²) in [6.45, 7) is 15.3. The fraction of sp³-hybridized carbons (Fsp3) is 0.824. The molecule has 4 N–H and O–H groups in total. The van der Waals surface area contributed by atoms with E-state index < -0.39 is 0 Å². The summed E-state index contributed by atoms with van der Waals surface area (Å²) in [7, 11) is 0. The Kier molecular flexibility index (Phi) is 7.34. The number of rotatable bonds is 7. The van der Waals surface area contributed by atoms with Crippen molar-refractivity contribution in [2.24, 2.45) is 51.8 Å². The normalized spacial score (nSPS) is 41.4. The molecule has 0 aromatic heterocycles. The number of ether oxygens (including phenoxy) is 1. The van der Waals surface area contributed by atoms with Gasteiger partial charge in [-0.15, -0.1) is 0 Å². The molecule has 0 radical (unpaired) electrons. The predicted octanol–water partition coefficient (Wildman–Crippen LogP) is 9.11. The summed E-state index contributed by atoms with van der Waals surface area (Å²) < 4.78 is 6.67. The molecule has 9 atom stereocenters. The molecule has 0 saturated heterocycles. The molecule has 4 fully saturated rings. The molecule has 4 aliphatic carbocycles. The van der Waals surface area contributed by atoms with E-state index in [-0.39, 0.29) is 11.5 Å². The van der Waals surface area contributed by atoms with Gasteiger partial charge in [-0.2, -0.15) is 0 Å². The maximum atomic E-state index is 6.67. The zero-order chi connectivity index (χ0) is 26.6. The molecule has 3 heteroatoms. The Bertz CT molecular complexity index is 957. The summed E-state index contributed by atoms with van der Waals surface area (Å²) in [6.07, 6.45) is 16.9. The van der Waals surface area contributed by atoms with Gasteiger partial charge in [0, 0.05) is 17.2 Å². The molecule has 0 amide bonds. The highest BCUT2D eigenvalue weighted by Crippen LogP contribution is 2.70. The van der Waals surface area contributed by atoms with Crippen LogP contribution in [-0.2, 0) is 0 Å². The lowest BCUT2D eigenvalue weighted by atomic mass is 9.41. The van der Waals surface area contributed by atoms with Crippen LogP contribution in [-0.4, -0.2) is 6.10 Å². The van der Waals surface area contributed by atoms with E-state index in [1.807, 2.05) is 18.2 Å². The van der Waals surface area contributed by atoms with Crippen LogP contribution in [0.25, 0.3) is 0 Å². The third-order valence-corrected chi connectivity index (χ3v) is 12.9. The molecule has 4 saturated carbocycles. The van der Waals surface area contributed by atoms with E-state index in [9.17, 15) is 0 Å². The van der Waals surface area contributed by atoms with Gasteiger partial charge in [-0.05, 0) is 110 Å². The van der Waals surface area contributed by atoms with Gasteiger partial charge < -0.3 is 16.2 Å². The largest absolute Gasteiger partial charge is 0.488 e. The maximum absolute atomic E-state index is 6.67. The van der Waals surface area contributed by atoms with Gasteiger partial charge in [0.2, 0.25) is 0 Å². The predicted molar refractivity (Wildman–Crippen MR) is 157 cm³/mol. The summed E-state index contributed by atoms with van der Waals surface area (Å²) >= 11 is 0. The summed E-state index contributed by atoms with van der Waals surface area (Å²) in [5, 5.41) is 0. The standard InChI is InChI=1S/C34H56N2O/c1-7-8-9-10-22(2)25-13-14-26-24-12-16-30-32(3,4)31(37-29-21-23(35)11-15-28(29)36)18-20-34(30,6)27(24)17-19-33(25,26)5/h11,15,21-22,24-27,30-31H,7-10,12-14,16-20,35-36H2,1-6H3. The van der Waals surface area contributed by atoms with Crippen LogP contribution in [0, 0.1) is 51.8 Å². The molecule has 3 nitrogen and oxygen atoms in total. The molecule has 0 aliphatic heterocycles. The van der Waals surface area contributed by atoms with Crippen molar-refractivity contribution >= 4 is 11.4 Å². The Morgan fingerprint density at radius 3 is 2.38 bits per heavy atom. The minimum atomic E-state index is 0.127. The fourth-order valence-electron chi connectivity index (χ4n) is 11.0. The Labute approximate surface area is 227 Å². The van der Waals surface area contributed by atoms with Crippen molar-refractivity contribution < 1.29 is 4.74 Å². The van der Waals surface area contributed by atoms with Gasteiger partial charge >= 0.3 is 0 Å². The lowest BCUT2D eigenvalue weighted by molar-refractivity contribution is -0.174. The van der Waals surface area contributed by atoms with Crippen molar-refractivity contribution in [2.45, 2.75) is 125 Å². The van der Waals surface area contributed by atoms with Crippen molar-refractivity contribution in [3.05, 3.63) is 18.2 Å². The summed E-state index contributed by atoms with van der Waals surface area (Å²) in [5.74, 6) is 6.10. The molecule has 0 heterocycles. The maximum Gasteiger partial charge on any atom is 0.144 e. The van der Waals surface area contributed by atoms with E-state index in [0.29, 0.717) is 22.4 Å². The van der Waals surface area contributed by atoms with Crippen molar-refractivity contribution in [3.63, 3.8) is 0 Å². The fourth-order valence-corrected chi connectivity index (χ4v) is 11.0. The van der Waals surface area contributed by atoms with Crippen molar-refractivity contribution in [1.29, 1.82) is 0 Å². The Morgan fingerprint density at radius 2 is 1.62 bits per heavy atom. The van der Waals surface area contributed by atoms with E-state index in [1.54, 1.807) is 0 Å². The minimum Gasteiger partial charge on any atom is -0.488 e. The monoisotopic (exact) mass is 508 g/mol. The van der Waals surface area contributed by atoms with E-state index in [4.69, 9.17) is 16.2 Å². The zero-order valence-electron chi connectivity index (χ0n) is 24.8. The number of hydrogen-bond acceptors (Lipinski definition) is 3. The Balaban J connectivity index is 1.32. The van der Waals surface area contributed by atoms with Crippen LogP contribution in [0.3, 0.4) is 0 Å². The number of unbranched alkanes of at least 4 members (excludes halogenated alkanes) is 2.